The van der Waals surface area contributed by atoms with Gasteiger partial charge in [0.25, 0.3) is 0 Å². The van der Waals surface area contributed by atoms with Crippen LogP contribution in [0.1, 0.15) is 6.42 Å². The summed E-state index contributed by atoms with van der Waals surface area (Å²) >= 11 is 0. The van der Waals surface area contributed by atoms with Crippen molar-refractivity contribution >= 4 is 7.85 Å². The molecule has 0 amide bonds. The Balaban J connectivity index is 2.37. The number of methoxy groups -OCH3 is 2. The van der Waals surface area contributed by atoms with Crippen LogP contribution in [0.15, 0.2) is 0 Å². The molecule has 0 N–H and O–H groups in total. The van der Waals surface area contributed by atoms with Crippen LogP contribution >= 0.6 is 0 Å². The van der Waals surface area contributed by atoms with Crippen molar-refractivity contribution < 1.29 is 14.2 Å². The maximum atomic E-state index is 5.56. The third-order valence-electron chi connectivity index (χ3n) is 1.86. The molecular formula is C7H13BO3. The number of hydrogen-bond acceptors (Lipinski definition) is 3. The number of ether oxygens (including phenoxy) is 3. The lowest BCUT2D eigenvalue weighted by atomic mass is 9.96. The molecule has 1 heterocycles. The lowest BCUT2D eigenvalue weighted by Gasteiger charge is -2.15. The number of hydrogen-bond donors (Lipinski definition) is 0. The Morgan fingerprint density at radius 1 is 1.55 bits per heavy atom. The molecule has 2 radical (unpaired) electrons. The molecule has 1 fully saturated rings. The van der Waals surface area contributed by atoms with Gasteiger partial charge in [-0.25, -0.2) is 0 Å². The first-order valence-electron chi connectivity index (χ1n) is 3.70. The highest BCUT2D eigenvalue weighted by molar-refractivity contribution is 6.11. The average molecular weight is 156 g/mol. The molecule has 3 atom stereocenters. The second-order valence-corrected chi connectivity index (χ2v) is 2.68. The van der Waals surface area contributed by atoms with E-state index in [1.54, 1.807) is 14.2 Å². The summed E-state index contributed by atoms with van der Waals surface area (Å²) < 4.78 is 15.4. The van der Waals surface area contributed by atoms with Gasteiger partial charge in [0.15, 0.2) is 0 Å². The molecule has 0 aliphatic carbocycles. The zero-order valence-corrected chi connectivity index (χ0v) is 6.95. The zero-order valence-electron chi connectivity index (χ0n) is 6.95. The van der Waals surface area contributed by atoms with Crippen LogP contribution in [-0.4, -0.2) is 46.9 Å². The van der Waals surface area contributed by atoms with Gasteiger partial charge in [-0.2, -0.15) is 0 Å². The summed E-state index contributed by atoms with van der Waals surface area (Å²) in [5, 5.41) is 0. The van der Waals surface area contributed by atoms with Crippen molar-refractivity contribution in [1.82, 2.24) is 0 Å². The fourth-order valence-corrected chi connectivity index (χ4v) is 1.31. The maximum Gasteiger partial charge on any atom is 0.109 e. The Labute approximate surface area is 68.4 Å². The van der Waals surface area contributed by atoms with Crippen molar-refractivity contribution in [2.24, 2.45) is 0 Å². The van der Waals surface area contributed by atoms with E-state index in [4.69, 9.17) is 22.1 Å². The van der Waals surface area contributed by atoms with E-state index >= 15 is 0 Å². The summed E-state index contributed by atoms with van der Waals surface area (Å²) in [6.45, 7) is 0.548. The Morgan fingerprint density at radius 3 is 2.82 bits per heavy atom. The highest BCUT2D eigenvalue weighted by atomic mass is 16.6. The minimum atomic E-state index is -0.194. The molecule has 11 heavy (non-hydrogen) atoms. The van der Waals surface area contributed by atoms with Crippen molar-refractivity contribution in [2.75, 3.05) is 20.8 Å². The second-order valence-electron chi connectivity index (χ2n) is 2.68. The minimum Gasteiger partial charge on any atom is -0.382 e. The molecule has 0 aromatic carbocycles. The second kappa shape index (κ2) is 4.09. The summed E-state index contributed by atoms with van der Waals surface area (Å²) in [7, 11) is 8.86. The normalized spacial score (nSPS) is 37.8. The van der Waals surface area contributed by atoms with E-state index < -0.39 is 0 Å². The van der Waals surface area contributed by atoms with Crippen LogP contribution in [-0.2, 0) is 14.2 Å². The molecule has 0 saturated carbocycles. The van der Waals surface area contributed by atoms with Crippen LogP contribution in [0.3, 0.4) is 0 Å². The Bertz CT molecular complexity index is 120. The third-order valence-corrected chi connectivity index (χ3v) is 1.86. The molecule has 62 valence electrons. The van der Waals surface area contributed by atoms with E-state index in [0.29, 0.717) is 6.61 Å². The van der Waals surface area contributed by atoms with E-state index in [-0.39, 0.29) is 18.2 Å². The van der Waals surface area contributed by atoms with Gasteiger partial charge in [0, 0.05) is 20.2 Å². The zero-order chi connectivity index (χ0) is 8.27. The molecule has 0 spiro atoms. The average Bonchev–Trinajstić information content (AvgIpc) is 2.32. The first-order chi connectivity index (χ1) is 5.27. The molecular weight excluding hydrogens is 143 g/mol. The fourth-order valence-electron chi connectivity index (χ4n) is 1.31. The summed E-state index contributed by atoms with van der Waals surface area (Å²) in [5.74, 6) is 0. The molecule has 1 saturated heterocycles. The van der Waals surface area contributed by atoms with Crippen LogP contribution in [0.5, 0.6) is 0 Å². The molecule has 1 rings (SSSR count). The van der Waals surface area contributed by atoms with Gasteiger partial charge in [0.2, 0.25) is 0 Å². The molecule has 4 heteroatoms. The van der Waals surface area contributed by atoms with Crippen LogP contribution in [0, 0.1) is 0 Å². The minimum absolute atomic E-state index is 0.000000000000000222. The van der Waals surface area contributed by atoms with Crippen molar-refractivity contribution in [2.45, 2.75) is 24.6 Å². The summed E-state index contributed by atoms with van der Waals surface area (Å²) in [5.41, 5.74) is 0. The van der Waals surface area contributed by atoms with Crippen molar-refractivity contribution in [1.29, 1.82) is 0 Å². The SMILES string of the molecule is [B][C@H]1C[C@H](OC)[C@H](COC)O1. The predicted octanol–water partition coefficient (Wildman–Crippen LogP) is -0.0687. The lowest BCUT2D eigenvalue weighted by molar-refractivity contribution is -0.0315. The highest BCUT2D eigenvalue weighted by Gasteiger charge is 2.32. The lowest BCUT2D eigenvalue weighted by Crippen LogP contribution is -2.27. The monoisotopic (exact) mass is 156 g/mol. The van der Waals surface area contributed by atoms with Gasteiger partial charge in [-0.3, -0.25) is 0 Å². The summed E-state index contributed by atoms with van der Waals surface area (Å²) in [6.07, 6.45) is 0.842. The molecule has 1 aliphatic rings. The van der Waals surface area contributed by atoms with Crippen molar-refractivity contribution in [3.63, 3.8) is 0 Å². The van der Waals surface area contributed by atoms with Gasteiger partial charge < -0.3 is 14.2 Å². The molecule has 0 unspecified atom stereocenters. The Hall–Kier alpha value is -0.0551. The molecule has 3 nitrogen and oxygen atoms in total. The van der Waals surface area contributed by atoms with Gasteiger partial charge in [-0.15, -0.1) is 0 Å². The Morgan fingerprint density at radius 2 is 2.27 bits per heavy atom. The fraction of sp³-hybridized carbons (Fsp3) is 1.00. The third kappa shape index (κ3) is 2.19. The van der Waals surface area contributed by atoms with Crippen LogP contribution in [0.2, 0.25) is 0 Å². The summed E-state index contributed by atoms with van der Waals surface area (Å²) in [4.78, 5) is 0. The highest BCUT2D eigenvalue weighted by Crippen LogP contribution is 2.20. The van der Waals surface area contributed by atoms with E-state index in [0.717, 1.165) is 6.42 Å². The van der Waals surface area contributed by atoms with Crippen LogP contribution in [0.25, 0.3) is 0 Å². The standard InChI is InChI=1S/C7H13BO3/c1-9-4-6-5(10-2)3-7(8)11-6/h5-7H,3-4H2,1-2H3/t5-,6-,7+/m0/s1. The largest absolute Gasteiger partial charge is 0.382 e. The first kappa shape index (κ1) is 9.04. The molecule has 0 bridgehead atoms. The van der Waals surface area contributed by atoms with Gasteiger partial charge in [0.1, 0.15) is 14.0 Å². The molecule has 0 aromatic rings. The van der Waals surface area contributed by atoms with Crippen LogP contribution < -0.4 is 0 Å². The summed E-state index contributed by atoms with van der Waals surface area (Å²) in [6, 6.07) is -0.194. The smallest absolute Gasteiger partial charge is 0.109 e. The predicted molar refractivity (Wildman–Crippen MR) is 41.7 cm³/mol. The van der Waals surface area contributed by atoms with Gasteiger partial charge >= 0.3 is 0 Å². The number of rotatable bonds is 3. The van der Waals surface area contributed by atoms with E-state index in [1.165, 1.54) is 0 Å². The van der Waals surface area contributed by atoms with Gasteiger partial charge in [0.05, 0.1) is 12.7 Å². The quantitative estimate of drug-likeness (QED) is 0.535. The van der Waals surface area contributed by atoms with Crippen molar-refractivity contribution in [3.8, 4) is 0 Å². The molecule has 0 aromatic heterocycles. The first-order valence-corrected chi connectivity index (χ1v) is 3.70. The van der Waals surface area contributed by atoms with Crippen molar-refractivity contribution in [3.05, 3.63) is 0 Å². The molecule has 1 aliphatic heterocycles. The van der Waals surface area contributed by atoms with Gasteiger partial charge in [-0.1, -0.05) is 0 Å². The van der Waals surface area contributed by atoms with E-state index in [2.05, 4.69) is 0 Å². The topological polar surface area (TPSA) is 27.7 Å². The Kier molecular flexibility index (Phi) is 3.36. The van der Waals surface area contributed by atoms with E-state index in [1.807, 2.05) is 0 Å². The van der Waals surface area contributed by atoms with Gasteiger partial charge in [-0.05, 0) is 6.42 Å². The van der Waals surface area contributed by atoms with E-state index in [9.17, 15) is 0 Å². The maximum absolute atomic E-state index is 5.56. The van der Waals surface area contributed by atoms with Crippen LogP contribution in [0.4, 0.5) is 0 Å².